The summed E-state index contributed by atoms with van der Waals surface area (Å²) in [6.07, 6.45) is 1.03. The molecule has 1 aromatic carbocycles. The second-order valence-electron chi connectivity index (χ2n) is 7.08. The third-order valence-corrected chi connectivity index (χ3v) is 9.19. The zero-order valence-corrected chi connectivity index (χ0v) is 16.1. The lowest BCUT2D eigenvalue weighted by Crippen LogP contribution is -2.40. The van der Waals surface area contributed by atoms with Crippen LogP contribution in [0.4, 0.5) is 0 Å². The lowest BCUT2D eigenvalue weighted by Gasteiger charge is -2.36. The largest absolute Gasteiger partial charge is 0.413 e. The van der Waals surface area contributed by atoms with E-state index < -0.39 is 8.32 Å². The minimum atomic E-state index is -1.73. The van der Waals surface area contributed by atoms with Gasteiger partial charge in [0.2, 0.25) is 0 Å². The number of benzene rings is 1. The van der Waals surface area contributed by atoms with Crippen molar-refractivity contribution in [1.82, 2.24) is 5.32 Å². The maximum atomic E-state index is 6.32. The Kier molecular flexibility index (Phi) is 6.92. The van der Waals surface area contributed by atoms with Gasteiger partial charge in [0.1, 0.15) is 0 Å². The smallest absolute Gasteiger partial charge is 0.192 e. The highest BCUT2D eigenvalue weighted by atomic mass is 35.5. The first-order chi connectivity index (χ1) is 9.67. The van der Waals surface area contributed by atoms with E-state index in [9.17, 15) is 0 Å². The molecule has 0 fully saturated rings. The van der Waals surface area contributed by atoms with Crippen molar-refractivity contribution in [2.45, 2.75) is 58.9 Å². The molecule has 2 nitrogen and oxygen atoms in total. The van der Waals surface area contributed by atoms with E-state index in [-0.39, 0.29) is 5.04 Å². The SMILES string of the molecule is CCNCCc1ccc(Cl)c(CO[Si](C)(C)C(C)(C)C)c1. The van der Waals surface area contributed by atoms with Gasteiger partial charge in [-0.05, 0) is 54.8 Å². The number of nitrogens with one attached hydrogen (secondary N) is 1. The number of halogens is 1. The standard InChI is InChI=1S/C17H30ClNOSi/c1-7-19-11-10-14-8-9-16(18)15(12-14)13-20-21(5,6)17(2,3)4/h8-9,12,19H,7,10-11,13H2,1-6H3. The quantitative estimate of drug-likeness (QED) is 0.561. The summed E-state index contributed by atoms with van der Waals surface area (Å²) in [5, 5.41) is 4.38. The van der Waals surface area contributed by atoms with Crippen LogP contribution in [0.3, 0.4) is 0 Å². The second-order valence-corrected chi connectivity index (χ2v) is 12.3. The summed E-state index contributed by atoms with van der Waals surface area (Å²) >= 11 is 6.32. The fourth-order valence-corrected chi connectivity index (χ4v) is 2.90. The van der Waals surface area contributed by atoms with E-state index in [4.69, 9.17) is 16.0 Å². The third kappa shape index (κ3) is 5.74. The molecule has 0 saturated heterocycles. The van der Waals surface area contributed by atoms with Crippen LogP contribution in [0.25, 0.3) is 0 Å². The van der Waals surface area contributed by atoms with Crippen molar-refractivity contribution < 1.29 is 4.43 Å². The Labute approximate surface area is 136 Å². The normalized spacial score (nSPS) is 12.7. The first-order valence-electron chi connectivity index (χ1n) is 7.79. The molecule has 1 N–H and O–H groups in total. The van der Waals surface area contributed by atoms with E-state index in [0.29, 0.717) is 6.61 Å². The van der Waals surface area contributed by atoms with Crippen LogP contribution in [-0.2, 0) is 17.5 Å². The Morgan fingerprint density at radius 2 is 1.90 bits per heavy atom. The van der Waals surface area contributed by atoms with Gasteiger partial charge in [0.05, 0.1) is 6.61 Å². The number of rotatable bonds is 7. The average Bonchev–Trinajstić information content (AvgIpc) is 2.38. The molecule has 120 valence electrons. The fraction of sp³-hybridized carbons (Fsp3) is 0.647. The van der Waals surface area contributed by atoms with Gasteiger partial charge in [-0.25, -0.2) is 0 Å². The molecule has 0 unspecified atom stereocenters. The van der Waals surface area contributed by atoms with Gasteiger partial charge in [-0.3, -0.25) is 0 Å². The van der Waals surface area contributed by atoms with Gasteiger partial charge in [-0.15, -0.1) is 0 Å². The zero-order chi connectivity index (χ0) is 16.1. The lowest BCUT2D eigenvalue weighted by atomic mass is 10.1. The van der Waals surface area contributed by atoms with Gasteiger partial charge < -0.3 is 9.74 Å². The number of hydrogen-bond donors (Lipinski definition) is 1. The van der Waals surface area contributed by atoms with Gasteiger partial charge >= 0.3 is 0 Å². The molecule has 0 aromatic heterocycles. The Balaban J connectivity index is 2.72. The Bertz CT molecular complexity index is 455. The highest BCUT2D eigenvalue weighted by Crippen LogP contribution is 2.37. The van der Waals surface area contributed by atoms with Crippen molar-refractivity contribution in [3.63, 3.8) is 0 Å². The summed E-state index contributed by atoms with van der Waals surface area (Å²) in [5.74, 6) is 0. The summed E-state index contributed by atoms with van der Waals surface area (Å²) in [5.41, 5.74) is 2.42. The van der Waals surface area contributed by atoms with Crippen molar-refractivity contribution in [1.29, 1.82) is 0 Å². The van der Waals surface area contributed by atoms with Gasteiger partial charge in [-0.2, -0.15) is 0 Å². The minimum absolute atomic E-state index is 0.224. The Hall–Kier alpha value is -0.353. The van der Waals surface area contributed by atoms with Gasteiger partial charge in [0.15, 0.2) is 8.32 Å². The average molecular weight is 328 g/mol. The maximum absolute atomic E-state index is 6.32. The van der Waals surface area contributed by atoms with Crippen LogP contribution in [0, 0.1) is 0 Å². The molecule has 0 atom stereocenters. The lowest BCUT2D eigenvalue weighted by molar-refractivity contribution is 0.276. The minimum Gasteiger partial charge on any atom is -0.413 e. The second kappa shape index (κ2) is 7.77. The van der Waals surface area contributed by atoms with E-state index in [0.717, 1.165) is 30.1 Å². The molecular formula is C17H30ClNOSi. The van der Waals surface area contributed by atoms with Crippen LogP contribution in [0.2, 0.25) is 23.2 Å². The predicted octanol–water partition coefficient (Wildman–Crippen LogP) is 5.01. The first kappa shape index (κ1) is 18.7. The summed E-state index contributed by atoms with van der Waals surface area (Å²) in [4.78, 5) is 0. The molecular weight excluding hydrogens is 298 g/mol. The van der Waals surface area contributed by atoms with Crippen molar-refractivity contribution in [3.8, 4) is 0 Å². The summed E-state index contributed by atoms with van der Waals surface area (Å²) < 4.78 is 6.28. The molecule has 0 bridgehead atoms. The molecule has 0 amide bonds. The van der Waals surface area contributed by atoms with Crippen molar-refractivity contribution in [2.24, 2.45) is 0 Å². The molecule has 0 radical (unpaired) electrons. The van der Waals surface area contributed by atoms with Crippen molar-refractivity contribution in [3.05, 3.63) is 34.3 Å². The highest BCUT2D eigenvalue weighted by molar-refractivity contribution is 6.74. The maximum Gasteiger partial charge on any atom is 0.192 e. The van der Waals surface area contributed by atoms with Crippen LogP contribution in [0.1, 0.15) is 38.8 Å². The van der Waals surface area contributed by atoms with Crippen LogP contribution < -0.4 is 5.32 Å². The molecule has 0 aliphatic heterocycles. The van der Waals surface area contributed by atoms with E-state index in [1.54, 1.807) is 0 Å². The zero-order valence-electron chi connectivity index (χ0n) is 14.3. The summed E-state index contributed by atoms with van der Waals surface area (Å²) in [6.45, 7) is 16.1. The van der Waals surface area contributed by atoms with Crippen LogP contribution in [0.5, 0.6) is 0 Å². The third-order valence-electron chi connectivity index (χ3n) is 4.35. The van der Waals surface area contributed by atoms with Crippen LogP contribution in [0.15, 0.2) is 18.2 Å². The number of likely N-dealkylation sites (N-methyl/N-ethyl adjacent to an activating group) is 1. The van der Waals surface area contributed by atoms with E-state index in [1.807, 2.05) is 6.07 Å². The summed E-state index contributed by atoms with van der Waals surface area (Å²) in [7, 11) is -1.73. The van der Waals surface area contributed by atoms with E-state index >= 15 is 0 Å². The Morgan fingerprint density at radius 1 is 1.24 bits per heavy atom. The van der Waals surface area contributed by atoms with Crippen LogP contribution in [-0.4, -0.2) is 21.4 Å². The molecule has 0 heterocycles. The predicted molar refractivity (Wildman–Crippen MR) is 95.7 cm³/mol. The fourth-order valence-electron chi connectivity index (χ4n) is 1.78. The molecule has 0 aliphatic carbocycles. The molecule has 0 aliphatic rings. The van der Waals surface area contributed by atoms with Gasteiger partial charge in [0.25, 0.3) is 0 Å². The van der Waals surface area contributed by atoms with E-state index in [1.165, 1.54) is 5.56 Å². The van der Waals surface area contributed by atoms with Crippen LogP contribution >= 0.6 is 11.6 Å². The highest BCUT2D eigenvalue weighted by Gasteiger charge is 2.37. The molecule has 1 rings (SSSR count). The van der Waals surface area contributed by atoms with E-state index in [2.05, 4.69) is 58.2 Å². The topological polar surface area (TPSA) is 21.3 Å². The Morgan fingerprint density at radius 3 is 2.48 bits per heavy atom. The molecule has 4 heteroatoms. The first-order valence-corrected chi connectivity index (χ1v) is 11.1. The monoisotopic (exact) mass is 327 g/mol. The molecule has 0 saturated carbocycles. The molecule has 21 heavy (non-hydrogen) atoms. The van der Waals surface area contributed by atoms with Crippen molar-refractivity contribution >= 4 is 19.9 Å². The van der Waals surface area contributed by atoms with Gasteiger partial charge in [0, 0.05) is 5.02 Å². The summed E-state index contributed by atoms with van der Waals surface area (Å²) in [6, 6.07) is 6.29. The molecule has 1 aromatic rings. The van der Waals surface area contributed by atoms with Gasteiger partial charge in [-0.1, -0.05) is 51.4 Å². The van der Waals surface area contributed by atoms with Crippen molar-refractivity contribution in [2.75, 3.05) is 13.1 Å². The molecule has 0 spiro atoms. The number of hydrogen-bond acceptors (Lipinski definition) is 2.